The molecule has 0 aromatic heterocycles. The normalized spacial score (nSPS) is 9.43. The molecule has 1 aromatic rings. The van der Waals surface area contributed by atoms with Gasteiger partial charge in [0.05, 0.1) is 6.61 Å². The third-order valence-electron chi connectivity index (χ3n) is 2.75. The second-order valence-corrected chi connectivity index (χ2v) is 4.30. The van der Waals surface area contributed by atoms with Crippen molar-refractivity contribution in [3.05, 3.63) is 34.9 Å². The molecular weight excluding hydrogens is 270 g/mol. The lowest BCUT2D eigenvalue weighted by molar-refractivity contribution is 0.0953. The van der Waals surface area contributed by atoms with E-state index in [-0.39, 0.29) is 19.1 Å². The van der Waals surface area contributed by atoms with E-state index in [9.17, 15) is 9.59 Å². The number of primary amides is 1. The Morgan fingerprint density at radius 1 is 1.29 bits per heavy atom. The fraction of sp³-hybridized carbons (Fsp3) is 0.333. The Bertz CT molecular complexity index is 573. The largest absolute Gasteiger partial charge is 0.395 e. The molecule has 21 heavy (non-hydrogen) atoms. The zero-order valence-electron chi connectivity index (χ0n) is 11.9. The number of nitrogens with two attached hydrogens (primary N) is 1. The Kier molecular flexibility index (Phi) is 6.78. The molecule has 5 N–H and O–H groups in total. The number of benzene rings is 1. The molecule has 0 heterocycles. The first-order chi connectivity index (χ1) is 10.1. The van der Waals surface area contributed by atoms with Crippen molar-refractivity contribution in [3.63, 3.8) is 0 Å². The summed E-state index contributed by atoms with van der Waals surface area (Å²) in [5.74, 6) is 5.53. The summed E-state index contributed by atoms with van der Waals surface area (Å²) in [6.45, 7) is 2.40. The average Bonchev–Trinajstić information content (AvgIpc) is 2.45. The van der Waals surface area contributed by atoms with Crippen LogP contribution < -0.4 is 16.4 Å². The Labute approximate surface area is 123 Å². The van der Waals surface area contributed by atoms with Crippen molar-refractivity contribution in [2.45, 2.75) is 13.3 Å². The van der Waals surface area contributed by atoms with Crippen LogP contribution >= 0.6 is 0 Å². The number of aliphatic hydroxyl groups excluding tert-OH is 1. The molecule has 6 nitrogen and oxygen atoms in total. The van der Waals surface area contributed by atoms with E-state index < -0.39 is 6.03 Å². The second kappa shape index (κ2) is 8.61. The highest BCUT2D eigenvalue weighted by Crippen LogP contribution is 2.12. The first-order valence-corrected chi connectivity index (χ1v) is 6.57. The summed E-state index contributed by atoms with van der Waals surface area (Å²) in [5.41, 5.74) is 7.00. The van der Waals surface area contributed by atoms with Gasteiger partial charge in [-0.25, -0.2) is 4.79 Å². The standard InChI is InChI=1S/C15H19N3O3/c1-11-12(5-2-3-10-19)6-4-7-13(11)14(20)17-8-9-18-15(16)21/h4,6-7,19H,3,8-10H2,1H3,(H,17,20)(H3,16,18,21). The van der Waals surface area contributed by atoms with Crippen LogP contribution in [0.2, 0.25) is 0 Å². The molecule has 6 heteroatoms. The number of hydrogen-bond acceptors (Lipinski definition) is 3. The summed E-state index contributed by atoms with van der Waals surface area (Å²) >= 11 is 0. The van der Waals surface area contributed by atoms with Gasteiger partial charge in [-0.15, -0.1) is 0 Å². The predicted molar refractivity (Wildman–Crippen MR) is 79.7 cm³/mol. The summed E-state index contributed by atoms with van der Waals surface area (Å²) in [4.78, 5) is 22.6. The molecule has 0 spiro atoms. The smallest absolute Gasteiger partial charge is 0.312 e. The van der Waals surface area contributed by atoms with Crippen molar-refractivity contribution in [2.24, 2.45) is 5.73 Å². The van der Waals surface area contributed by atoms with Crippen molar-refractivity contribution in [1.29, 1.82) is 0 Å². The molecule has 0 aliphatic heterocycles. The number of urea groups is 1. The molecule has 0 aliphatic carbocycles. The number of rotatable bonds is 5. The zero-order valence-corrected chi connectivity index (χ0v) is 11.9. The highest BCUT2D eigenvalue weighted by molar-refractivity contribution is 5.96. The summed E-state index contributed by atoms with van der Waals surface area (Å²) in [6.07, 6.45) is 0.397. The molecule has 112 valence electrons. The third-order valence-corrected chi connectivity index (χ3v) is 2.75. The number of carbonyl (C=O) groups excluding carboxylic acids is 2. The topological polar surface area (TPSA) is 104 Å². The number of amides is 3. The molecule has 1 rings (SSSR count). The third kappa shape index (κ3) is 5.55. The molecule has 0 saturated heterocycles. The average molecular weight is 289 g/mol. The maximum atomic E-state index is 12.0. The van der Waals surface area contributed by atoms with E-state index in [4.69, 9.17) is 10.8 Å². The monoisotopic (exact) mass is 289 g/mol. The fourth-order valence-corrected chi connectivity index (χ4v) is 1.69. The molecule has 1 aromatic carbocycles. The van der Waals surface area contributed by atoms with Crippen LogP contribution in [0.4, 0.5) is 4.79 Å². The lowest BCUT2D eigenvalue weighted by atomic mass is 10.0. The van der Waals surface area contributed by atoms with Gasteiger partial charge in [-0.1, -0.05) is 17.9 Å². The molecule has 0 fully saturated rings. The molecule has 0 unspecified atom stereocenters. The van der Waals surface area contributed by atoms with Gasteiger partial charge in [0.15, 0.2) is 0 Å². The SMILES string of the molecule is Cc1c(C#CCCO)cccc1C(=O)NCCNC(N)=O. The van der Waals surface area contributed by atoms with Crippen LogP contribution in [0.3, 0.4) is 0 Å². The molecule has 3 amide bonds. The fourth-order valence-electron chi connectivity index (χ4n) is 1.69. The van der Waals surface area contributed by atoms with Gasteiger partial charge >= 0.3 is 6.03 Å². The number of hydrogen-bond donors (Lipinski definition) is 4. The van der Waals surface area contributed by atoms with Gasteiger partial charge in [0.25, 0.3) is 5.91 Å². The maximum absolute atomic E-state index is 12.0. The lowest BCUT2D eigenvalue weighted by Crippen LogP contribution is -2.37. The Hall–Kier alpha value is -2.52. The maximum Gasteiger partial charge on any atom is 0.312 e. The minimum atomic E-state index is -0.624. The van der Waals surface area contributed by atoms with Gasteiger partial charge in [0, 0.05) is 30.6 Å². The summed E-state index contributed by atoms with van der Waals surface area (Å²) < 4.78 is 0. The van der Waals surface area contributed by atoms with Gasteiger partial charge < -0.3 is 21.5 Å². The van der Waals surface area contributed by atoms with E-state index in [0.717, 1.165) is 11.1 Å². The van der Waals surface area contributed by atoms with Gasteiger partial charge in [0.1, 0.15) is 0 Å². The Morgan fingerprint density at radius 3 is 2.67 bits per heavy atom. The van der Waals surface area contributed by atoms with Crippen LogP contribution in [-0.4, -0.2) is 36.7 Å². The van der Waals surface area contributed by atoms with Crippen molar-refractivity contribution in [1.82, 2.24) is 10.6 Å². The minimum Gasteiger partial charge on any atom is -0.395 e. The van der Waals surface area contributed by atoms with E-state index in [2.05, 4.69) is 22.5 Å². The Morgan fingerprint density at radius 2 is 2.00 bits per heavy atom. The van der Waals surface area contributed by atoms with Crippen molar-refractivity contribution in [3.8, 4) is 11.8 Å². The van der Waals surface area contributed by atoms with Crippen LogP contribution in [-0.2, 0) is 0 Å². The van der Waals surface area contributed by atoms with E-state index in [1.165, 1.54) is 0 Å². The molecule has 0 saturated carbocycles. The van der Waals surface area contributed by atoms with Crippen molar-refractivity contribution in [2.75, 3.05) is 19.7 Å². The number of nitrogens with one attached hydrogen (secondary N) is 2. The highest BCUT2D eigenvalue weighted by atomic mass is 16.2. The summed E-state index contributed by atoms with van der Waals surface area (Å²) in [7, 11) is 0. The molecular formula is C15H19N3O3. The minimum absolute atomic E-state index is 0.0130. The molecule has 0 atom stereocenters. The molecule has 0 radical (unpaired) electrons. The molecule has 0 bridgehead atoms. The van der Waals surface area contributed by atoms with Crippen molar-refractivity contribution >= 4 is 11.9 Å². The van der Waals surface area contributed by atoms with Gasteiger partial charge in [-0.3, -0.25) is 4.79 Å². The van der Waals surface area contributed by atoms with Gasteiger partial charge in [-0.05, 0) is 24.6 Å². The number of carbonyl (C=O) groups is 2. The second-order valence-electron chi connectivity index (χ2n) is 4.30. The van der Waals surface area contributed by atoms with Crippen LogP contribution in [0.5, 0.6) is 0 Å². The number of aliphatic hydroxyl groups is 1. The van der Waals surface area contributed by atoms with Crippen LogP contribution in [0.25, 0.3) is 0 Å². The van der Waals surface area contributed by atoms with E-state index in [1.807, 2.05) is 13.0 Å². The first kappa shape index (κ1) is 16.5. The predicted octanol–water partition coefficient (Wildman–Crippen LogP) is 0.127. The summed E-state index contributed by atoms with van der Waals surface area (Å²) in [6, 6.07) is 4.67. The highest BCUT2D eigenvalue weighted by Gasteiger charge is 2.10. The van der Waals surface area contributed by atoms with E-state index in [1.54, 1.807) is 12.1 Å². The van der Waals surface area contributed by atoms with Gasteiger partial charge in [-0.2, -0.15) is 0 Å². The van der Waals surface area contributed by atoms with Crippen LogP contribution in [0, 0.1) is 18.8 Å². The molecule has 0 aliphatic rings. The van der Waals surface area contributed by atoms with E-state index >= 15 is 0 Å². The summed E-state index contributed by atoms with van der Waals surface area (Å²) in [5, 5.41) is 13.8. The van der Waals surface area contributed by atoms with Crippen LogP contribution in [0.1, 0.15) is 27.9 Å². The van der Waals surface area contributed by atoms with Gasteiger partial charge in [0.2, 0.25) is 0 Å². The first-order valence-electron chi connectivity index (χ1n) is 6.57. The lowest BCUT2D eigenvalue weighted by Gasteiger charge is -2.09. The zero-order chi connectivity index (χ0) is 15.7. The van der Waals surface area contributed by atoms with E-state index in [0.29, 0.717) is 18.5 Å². The Balaban J connectivity index is 2.70. The quantitative estimate of drug-likeness (QED) is 0.457. The van der Waals surface area contributed by atoms with Crippen LogP contribution in [0.15, 0.2) is 18.2 Å². The van der Waals surface area contributed by atoms with Crippen molar-refractivity contribution < 1.29 is 14.7 Å².